The lowest BCUT2D eigenvalue weighted by Crippen LogP contribution is -2.07. The number of hydrogen-bond acceptors (Lipinski definition) is 3. The van der Waals surface area contributed by atoms with Crippen molar-refractivity contribution < 1.29 is 9.53 Å². The summed E-state index contributed by atoms with van der Waals surface area (Å²) in [5.41, 5.74) is 7.88. The van der Waals surface area contributed by atoms with Crippen LogP contribution in [0.5, 0.6) is 5.75 Å². The third-order valence-electron chi connectivity index (χ3n) is 2.72. The van der Waals surface area contributed by atoms with Crippen LogP contribution >= 0.6 is 0 Å². The summed E-state index contributed by atoms with van der Waals surface area (Å²) in [6.45, 7) is 0. The first-order valence-electron chi connectivity index (χ1n) is 6.16. The van der Waals surface area contributed by atoms with E-state index in [0.29, 0.717) is 11.4 Å². The van der Waals surface area contributed by atoms with E-state index in [9.17, 15) is 4.79 Å². The Kier molecular flexibility index (Phi) is 4.39. The Labute approximate surface area is 117 Å². The minimum atomic E-state index is -0.189. The van der Waals surface area contributed by atoms with Gasteiger partial charge in [0.05, 0.1) is 7.11 Å². The molecule has 0 saturated heterocycles. The highest BCUT2D eigenvalue weighted by Gasteiger charge is 1.97. The number of amides is 1. The van der Waals surface area contributed by atoms with Crippen molar-refractivity contribution in [3.05, 3.63) is 60.2 Å². The van der Waals surface area contributed by atoms with Crippen LogP contribution in [0.2, 0.25) is 0 Å². The molecule has 2 aromatic rings. The number of nitrogens with one attached hydrogen (secondary N) is 1. The fourth-order valence-electron chi connectivity index (χ4n) is 1.64. The van der Waals surface area contributed by atoms with Gasteiger partial charge in [0.15, 0.2) is 0 Å². The molecular weight excluding hydrogens is 252 g/mol. The van der Waals surface area contributed by atoms with E-state index < -0.39 is 0 Å². The molecule has 0 aliphatic carbocycles. The fraction of sp³-hybridized carbons (Fsp3) is 0.0625. The van der Waals surface area contributed by atoms with Crippen molar-refractivity contribution in [1.29, 1.82) is 0 Å². The summed E-state index contributed by atoms with van der Waals surface area (Å²) in [6.07, 6.45) is 3.23. The standard InChI is InChI=1S/C16H16N2O2/c1-20-15-9-2-12(3-10-15)4-11-16(19)18-14-7-5-13(17)6-8-14/h2-11H,17H2,1H3,(H,18,19)/b11-4+. The molecule has 0 aliphatic heterocycles. The average Bonchev–Trinajstić information content (AvgIpc) is 2.48. The van der Waals surface area contributed by atoms with E-state index in [1.807, 2.05) is 24.3 Å². The summed E-state index contributed by atoms with van der Waals surface area (Å²) < 4.78 is 5.07. The second kappa shape index (κ2) is 6.43. The fourth-order valence-corrected chi connectivity index (χ4v) is 1.64. The Morgan fingerprint density at radius 2 is 1.75 bits per heavy atom. The maximum Gasteiger partial charge on any atom is 0.248 e. The van der Waals surface area contributed by atoms with Crippen LogP contribution in [0, 0.1) is 0 Å². The number of carbonyl (C=O) groups excluding carboxylic acids is 1. The number of rotatable bonds is 4. The number of anilines is 2. The van der Waals surface area contributed by atoms with Crippen LogP contribution in [0.15, 0.2) is 54.6 Å². The molecule has 0 aromatic heterocycles. The lowest BCUT2D eigenvalue weighted by Gasteiger charge is -2.02. The number of methoxy groups -OCH3 is 1. The summed E-state index contributed by atoms with van der Waals surface area (Å²) in [5.74, 6) is 0.596. The monoisotopic (exact) mass is 268 g/mol. The molecule has 3 N–H and O–H groups in total. The minimum Gasteiger partial charge on any atom is -0.497 e. The zero-order chi connectivity index (χ0) is 14.4. The third-order valence-corrected chi connectivity index (χ3v) is 2.72. The van der Waals surface area contributed by atoms with Gasteiger partial charge in [0.1, 0.15) is 5.75 Å². The van der Waals surface area contributed by atoms with Crippen LogP contribution in [0.3, 0.4) is 0 Å². The van der Waals surface area contributed by atoms with Crippen molar-refractivity contribution in [2.75, 3.05) is 18.2 Å². The Morgan fingerprint density at radius 1 is 1.10 bits per heavy atom. The molecule has 0 bridgehead atoms. The zero-order valence-electron chi connectivity index (χ0n) is 11.2. The van der Waals surface area contributed by atoms with Gasteiger partial charge in [0, 0.05) is 17.5 Å². The van der Waals surface area contributed by atoms with Gasteiger partial charge in [-0.15, -0.1) is 0 Å². The Hall–Kier alpha value is -2.75. The number of hydrogen-bond donors (Lipinski definition) is 2. The lowest BCUT2D eigenvalue weighted by molar-refractivity contribution is -0.111. The van der Waals surface area contributed by atoms with Gasteiger partial charge in [-0.1, -0.05) is 12.1 Å². The Morgan fingerprint density at radius 3 is 2.35 bits per heavy atom. The summed E-state index contributed by atoms with van der Waals surface area (Å²) in [7, 11) is 1.62. The van der Waals surface area contributed by atoms with Crippen LogP contribution in [0.1, 0.15) is 5.56 Å². The van der Waals surface area contributed by atoms with E-state index in [1.54, 1.807) is 37.5 Å². The third kappa shape index (κ3) is 3.88. The number of nitrogens with two attached hydrogens (primary N) is 1. The molecule has 1 amide bonds. The van der Waals surface area contributed by atoms with E-state index in [2.05, 4.69) is 5.32 Å². The molecule has 0 atom stereocenters. The van der Waals surface area contributed by atoms with Crippen LogP contribution in [-0.4, -0.2) is 13.0 Å². The van der Waals surface area contributed by atoms with Gasteiger partial charge >= 0.3 is 0 Å². The van der Waals surface area contributed by atoms with E-state index in [-0.39, 0.29) is 5.91 Å². The summed E-state index contributed by atoms with van der Waals surface area (Å²) >= 11 is 0. The van der Waals surface area contributed by atoms with Crippen LogP contribution in [0.25, 0.3) is 6.08 Å². The molecule has 4 nitrogen and oxygen atoms in total. The Balaban J connectivity index is 1.96. The predicted octanol–water partition coefficient (Wildman–Crippen LogP) is 2.93. The summed E-state index contributed by atoms with van der Waals surface area (Å²) in [5, 5.41) is 2.76. The molecule has 0 unspecified atom stereocenters. The first-order valence-corrected chi connectivity index (χ1v) is 6.16. The lowest BCUT2D eigenvalue weighted by atomic mass is 10.2. The van der Waals surface area contributed by atoms with Crippen molar-refractivity contribution in [3.8, 4) is 5.75 Å². The van der Waals surface area contributed by atoms with Gasteiger partial charge in [0.25, 0.3) is 0 Å². The zero-order valence-corrected chi connectivity index (χ0v) is 11.2. The van der Waals surface area contributed by atoms with Gasteiger partial charge in [-0.3, -0.25) is 4.79 Å². The molecule has 4 heteroatoms. The SMILES string of the molecule is COc1ccc(/C=C/C(=O)Nc2ccc(N)cc2)cc1. The molecule has 0 spiro atoms. The predicted molar refractivity (Wildman–Crippen MR) is 81.5 cm³/mol. The molecule has 0 aliphatic rings. The van der Waals surface area contributed by atoms with E-state index in [4.69, 9.17) is 10.5 Å². The van der Waals surface area contributed by atoms with E-state index in [1.165, 1.54) is 6.08 Å². The van der Waals surface area contributed by atoms with E-state index >= 15 is 0 Å². The highest BCUT2D eigenvalue weighted by molar-refractivity contribution is 6.01. The largest absolute Gasteiger partial charge is 0.497 e. The number of benzene rings is 2. The van der Waals surface area contributed by atoms with E-state index in [0.717, 1.165) is 11.3 Å². The maximum absolute atomic E-state index is 11.7. The summed E-state index contributed by atoms with van der Waals surface area (Å²) in [4.78, 5) is 11.7. The highest BCUT2D eigenvalue weighted by atomic mass is 16.5. The molecule has 20 heavy (non-hydrogen) atoms. The number of ether oxygens (including phenoxy) is 1. The van der Waals surface area contributed by atoms with Gasteiger partial charge in [0.2, 0.25) is 5.91 Å². The van der Waals surface area contributed by atoms with Crippen LogP contribution in [-0.2, 0) is 4.79 Å². The average molecular weight is 268 g/mol. The number of nitrogen functional groups attached to an aromatic ring is 1. The second-order valence-corrected chi connectivity index (χ2v) is 4.22. The van der Waals surface area contributed by atoms with Crippen molar-refractivity contribution in [2.24, 2.45) is 0 Å². The quantitative estimate of drug-likeness (QED) is 0.662. The first-order chi connectivity index (χ1) is 9.67. The minimum absolute atomic E-state index is 0.189. The van der Waals surface area contributed by atoms with Gasteiger partial charge in [-0.2, -0.15) is 0 Å². The molecule has 2 rings (SSSR count). The van der Waals surface area contributed by atoms with Gasteiger partial charge < -0.3 is 15.8 Å². The topological polar surface area (TPSA) is 64.3 Å². The first kappa shape index (κ1) is 13.7. The van der Waals surface area contributed by atoms with Crippen molar-refractivity contribution in [3.63, 3.8) is 0 Å². The normalized spacial score (nSPS) is 10.4. The Bertz CT molecular complexity index is 601. The van der Waals surface area contributed by atoms with Crippen molar-refractivity contribution >= 4 is 23.4 Å². The maximum atomic E-state index is 11.7. The highest BCUT2D eigenvalue weighted by Crippen LogP contribution is 2.13. The van der Waals surface area contributed by atoms with Gasteiger partial charge in [-0.25, -0.2) is 0 Å². The van der Waals surface area contributed by atoms with Crippen LogP contribution in [0.4, 0.5) is 11.4 Å². The molecule has 0 heterocycles. The van der Waals surface area contributed by atoms with Gasteiger partial charge in [-0.05, 0) is 48.0 Å². The molecule has 0 saturated carbocycles. The van der Waals surface area contributed by atoms with Crippen LogP contribution < -0.4 is 15.8 Å². The molecule has 0 radical (unpaired) electrons. The summed E-state index contributed by atoms with van der Waals surface area (Å²) in [6, 6.07) is 14.4. The van der Waals surface area contributed by atoms with Crippen molar-refractivity contribution in [2.45, 2.75) is 0 Å². The van der Waals surface area contributed by atoms with Crippen molar-refractivity contribution in [1.82, 2.24) is 0 Å². The molecule has 0 fully saturated rings. The second-order valence-electron chi connectivity index (χ2n) is 4.22. The molecule has 102 valence electrons. The molecular formula is C16H16N2O2. The number of carbonyl (C=O) groups is 1. The molecule has 2 aromatic carbocycles. The smallest absolute Gasteiger partial charge is 0.248 e.